The predicted molar refractivity (Wildman–Crippen MR) is 68.5 cm³/mol. The number of aromatic hydroxyl groups is 1. The normalized spacial score (nSPS) is 17.6. The number of nitrogens with one attached hydrogen (secondary N) is 1. The molecule has 1 amide bonds. The van der Waals surface area contributed by atoms with Crippen molar-refractivity contribution in [3.05, 3.63) is 24.0 Å². The maximum absolute atomic E-state index is 11.9. The maximum atomic E-state index is 11.9. The molecule has 1 saturated heterocycles. The summed E-state index contributed by atoms with van der Waals surface area (Å²) in [5.74, 6) is -0.181. The average Bonchev–Trinajstić information content (AvgIpc) is 2.81. The van der Waals surface area contributed by atoms with Crippen LogP contribution >= 0.6 is 0 Å². The molecule has 18 heavy (non-hydrogen) atoms. The van der Waals surface area contributed by atoms with Crippen molar-refractivity contribution in [1.82, 2.24) is 15.2 Å². The number of likely N-dealkylation sites (tertiary alicyclic amines) is 1. The zero-order chi connectivity index (χ0) is 13.0. The summed E-state index contributed by atoms with van der Waals surface area (Å²) in [7, 11) is 0. The van der Waals surface area contributed by atoms with E-state index in [1.165, 1.54) is 31.3 Å². The fraction of sp³-hybridized carbons (Fsp3) is 0.538. The fourth-order valence-electron chi connectivity index (χ4n) is 2.26. The molecule has 5 nitrogen and oxygen atoms in total. The average molecular weight is 249 g/mol. The standard InChI is InChI=1S/C13H19N3O2/c1-10(9-16-4-2-3-5-16)15-13(18)11-6-12(17)8-14-7-11/h6-8,10,17H,2-5,9H2,1H3,(H,15,18). The molecule has 1 fully saturated rings. The molecule has 1 aliphatic rings. The molecule has 0 bridgehead atoms. The van der Waals surface area contributed by atoms with Crippen LogP contribution in [0.3, 0.4) is 0 Å². The molecule has 0 saturated carbocycles. The van der Waals surface area contributed by atoms with Crippen molar-refractivity contribution in [1.29, 1.82) is 0 Å². The van der Waals surface area contributed by atoms with Gasteiger partial charge in [0.25, 0.3) is 5.91 Å². The van der Waals surface area contributed by atoms with E-state index in [0.29, 0.717) is 5.56 Å². The van der Waals surface area contributed by atoms with Crippen molar-refractivity contribution in [2.24, 2.45) is 0 Å². The molecule has 1 unspecified atom stereocenters. The van der Waals surface area contributed by atoms with Crippen LogP contribution < -0.4 is 5.32 Å². The van der Waals surface area contributed by atoms with Crippen LogP contribution in [0.25, 0.3) is 0 Å². The van der Waals surface area contributed by atoms with E-state index < -0.39 is 0 Å². The van der Waals surface area contributed by atoms with Gasteiger partial charge < -0.3 is 15.3 Å². The number of amides is 1. The van der Waals surface area contributed by atoms with Gasteiger partial charge in [-0.05, 0) is 38.9 Å². The summed E-state index contributed by atoms with van der Waals surface area (Å²) in [6.07, 6.45) is 5.26. The lowest BCUT2D eigenvalue weighted by molar-refractivity contribution is 0.0931. The number of carbonyl (C=O) groups is 1. The lowest BCUT2D eigenvalue weighted by Gasteiger charge is -2.21. The van der Waals surface area contributed by atoms with Gasteiger partial charge in [0.1, 0.15) is 5.75 Å². The van der Waals surface area contributed by atoms with Crippen molar-refractivity contribution < 1.29 is 9.90 Å². The van der Waals surface area contributed by atoms with E-state index in [1.54, 1.807) is 0 Å². The van der Waals surface area contributed by atoms with Gasteiger partial charge in [-0.3, -0.25) is 9.78 Å². The number of carbonyl (C=O) groups excluding carboxylic acids is 1. The summed E-state index contributed by atoms with van der Waals surface area (Å²) in [6.45, 7) is 5.10. The minimum Gasteiger partial charge on any atom is -0.506 e. The van der Waals surface area contributed by atoms with Gasteiger partial charge in [0.15, 0.2) is 0 Å². The van der Waals surface area contributed by atoms with Crippen LogP contribution in [0.1, 0.15) is 30.1 Å². The Labute approximate surface area is 107 Å². The number of aromatic nitrogens is 1. The Kier molecular flexibility index (Phi) is 4.15. The number of pyridine rings is 1. The molecule has 0 aromatic carbocycles. The van der Waals surface area contributed by atoms with Crippen LogP contribution in [-0.4, -0.2) is 46.6 Å². The van der Waals surface area contributed by atoms with E-state index in [4.69, 9.17) is 0 Å². The van der Waals surface area contributed by atoms with E-state index >= 15 is 0 Å². The predicted octanol–water partition coefficient (Wildman–Crippen LogP) is 1.00. The van der Waals surface area contributed by atoms with Crippen LogP contribution in [0.5, 0.6) is 5.75 Å². The first-order chi connectivity index (χ1) is 8.65. The van der Waals surface area contributed by atoms with Gasteiger partial charge in [-0.15, -0.1) is 0 Å². The second-order valence-corrected chi connectivity index (χ2v) is 4.81. The quantitative estimate of drug-likeness (QED) is 0.835. The smallest absolute Gasteiger partial charge is 0.253 e. The van der Waals surface area contributed by atoms with Gasteiger partial charge in [-0.2, -0.15) is 0 Å². The van der Waals surface area contributed by atoms with Gasteiger partial charge >= 0.3 is 0 Å². The van der Waals surface area contributed by atoms with Crippen LogP contribution in [-0.2, 0) is 0 Å². The summed E-state index contributed by atoms with van der Waals surface area (Å²) in [4.78, 5) is 18.0. The Morgan fingerprint density at radius 2 is 2.22 bits per heavy atom. The molecule has 0 aliphatic carbocycles. The molecule has 0 radical (unpaired) electrons. The molecule has 1 aromatic rings. The third-order valence-corrected chi connectivity index (χ3v) is 3.09. The first-order valence-electron chi connectivity index (χ1n) is 6.32. The van der Waals surface area contributed by atoms with Gasteiger partial charge in [0, 0.05) is 18.8 Å². The molecule has 5 heteroatoms. The van der Waals surface area contributed by atoms with Gasteiger partial charge in [0.2, 0.25) is 0 Å². The monoisotopic (exact) mass is 249 g/mol. The lowest BCUT2D eigenvalue weighted by atomic mass is 10.2. The highest BCUT2D eigenvalue weighted by molar-refractivity contribution is 5.94. The summed E-state index contributed by atoms with van der Waals surface area (Å²) in [6, 6.07) is 1.52. The molecule has 1 atom stereocenters. The second-order valence-electron chi connectivity index (χ2n) is 4.81. The van der Waals surface area contributed by atoms with Crippen LogP contribution in [0.4, 0.5) is 0 Å². The Bertz CT molecular complexity index is 416. The molecule has 98 valence electrons. The van der Waals surface area contributed by atoms with Crippen molar-refractivity contribution in [2.75, 3.05) is 19.6 Å². The highest BCUT2D eigenvalue weighted by atomic mass is 16.3. The minimum atomic E-state index is -0.190. The van der Waals surface area contributed by atoms with E-state index in [0.717, 1.165) is 19.6 Å². The van der Waals surface area contributed by atoms with E-state index in [9.17, 15) is 9.90 Å². The molecule has 2 N–H and O–H groups in total. The highest BCUT2D eigenvalue weighted by Gasteiger charge is 2.16. The SMILES string of the molecule is CC(CN1CCCC1)NC(=O)c1cncc(O)c1. The van der Waals surface area contributed by atoms with Crippen molar-refractivity contribution >= 4 is 5.91 Å². The Morgan fingerprint density at radius 1 is 1.50 bits per heavy atom. The third-order valence-electron chi connectivity index (χ3n) is 3.09. The number of hydrogen-bond donors (Lipinski definition) is 2. The topological polar surface area (TPSA) is 65.5 Å². The third kappa shape index (κ3) is 3.43. The van der Waals surface area contributed by atoms with Gasteiger partial charge in [-0.25, -0.2) is 0 Å². The Morgan fingerprint density at radius 3 is 2.89 bits per heavy atom. The molecule has 1 aliphatic heterocycles. The summed E-state index contributed by atoms with van der Waals surface area (Å²) in [5, 5.41) is 12.2. The Hall–Kier alpha value is -1.62. The first kappa shape index (κ1) is 12.8. The molecular formula is C13H19N3O2. The van der Waals surface area contributed by atoms with Gasteiger partial charge in [0.05, 0.1) is 11.8 Å². The number of hydrogen-bond acceptors (Lipinski definition) is 4. The van der Waals surface area contributed by atoms with E-state index in [1.807, 2.05) is 6.92 Å². The highest BCUT2D eigenvalue weighted by Crippen LogP contribution is 2.10. The fourth-order valence-corrected chi connectivity index (χ4v) is 2.26. The molecule has 0 spiro atoms. The maximum Gasteiger partial charge on any atom is 0.253 e. The molecular weight excluding hydrogens is 230 g/mol. The van der Waals surface area contributed by atoms with E-state index in [2.05, 4.69) is 15.2 Å². The summed E-state index contributed by atoms with van der Waals surface area (Å²) < 4.78 is 0. The van der Waals surface area contributed by atoms with Gasteiger partial charge in [-0.1, -0.05) is 0 Å². The number of rotatable bonds is 4. The first-order valence-corrected chi connectivity index (χ1v) is 6.32. The zero-order valence-corrected chi connectivity index (χ0v) is 10.6. The summed E-state index contributed by atoms with van der Waals surface area (Å²) >= 11 is 0. The van der Waals surface area contributed by atoms with Crippen molar-refractivity contribution in [3.8, 4) is 5.75 Å². The van der Waals surface area contributed by atoms with Crippen LogP contribution in [0.15, 0.2) is 18.5 Å². The Balaban J connectivity index is 1.86. The lowest BCUT2D eigenvalue weighted by Crippen LogP contribution is -2.41. The number of nitrogens with zero attached hydrogens (tertiary/aromatic N) is 2. The molecule has 1 aromatic heterocycles. The van der Waals surface area contributed by atoms with Crippen LogP contribution in [0, 0.1) is 0 Å². The van der Waals surface area contributed by atoms with Crippen molar-refractivity contribution in [3.63, 3.8) is 0 Å². The largest absolute Gasteiger partial charge is 0.506 e. The summed E-state index contributed by atoms with van der Waals surface area (Å²) in [5.41, 5.74) is 0.392. The van der Waals surface area contributed by atoms with Crippen molar-refractivity contribution in [2.45, 2.75) is 25.8 Å². The van der Waals surface area contributed by atoms with Crippen LogP contribution in [0.2, 0.25) is 0 Å². The van der Waals surface area contributed by atoms with E-state index in [-0.39, 0.29) is 17.7 Å². The second kappa shape index (κ2) is 5.82. The zero-order valence-electron chi connectivity index (χ0n) is 10.6. The molecule has 2 heterocycles. The minimum absolute atomic E-state index is 0.00912. The molecule has 2 rings (SSSR count).